The van der Waals surface area contributed by atoms with E-state index < -0.39 is 11.9 Å². The molecule has 2 atom stereocenters. The molecule has 2 saturated heterocycles. The predicted molar refractivity (Wildman–Crippen MR) is 82.6 cm³/mol. The summed E-state index contributed by atoms with van der Waals surface area (Å²) in [4.78, 5) is 25.3. The molecule has 2 aliphatic heterocycles. The number of ether oxygens (including phenoxy) is 2. The van der Waals surface area contributed by atoms with E-state index in [1.54, 1.807) is 23.1 Å². The van der Waals surface area contributed by atoms with E-state index in [0.29, 0.717) is 30.9 Å². The Kier molecular flexibility index (Phi) is 4.81. The fourth-order valence-corrected chi connectivity index (χ4v) is 3.04. The van der Waals surface area contributed by atoms with Crippen LogP contribution in [0, 0.1) is 5.92 Å². The van der Waals surface area contributed by atoms with E-state index in [4.69, 9.17) is 14.6 Å². The van der Waals surface area contributed by atoms with Crippen molar-refractivity contribution >= 4 is 11.9 Å². The second-order valence-electron chi connectivity index (χ2n) is 6.02. The summed E-state index contributed by atoms with van der Waals surface area (Å²) >= 11 is 0. The molecule has 1 amide bonds. The number of benzene rings is 1. The molecule has 0 spiro atoms. The van der Waals surface area contributed by atoms with E-state index in [9.17, 15) is 9.59 Å². The number of carboxylic acids is 1. The topological polar surface area (TPSA) is 76.1 Å². The first-order chi connectivity index (χ1) is 11.1. The highest BCUT2D eigenvalue weighted by Crippen LogP contribution is 2.25. The summed E-state index contributed by atoms with van der Waals surface area (Å²) in [5, 5.41) is 9.07. The van der Waals surface area contributed by atoms with Crippen molar-refractivity contribution < 1.29 is 24.2 Å². The lowest BCUT2D eigenvalue weighted by Crippen LogP contribution is -2.30. The van der Waals surface area contributed by atoms with Gasteiger partial charge in [-0.15, -0.1) is 0 Å². The third kappa shape index (κ3) is 3.64. The van der Waals surface area contributed by atoms with Crippen LogP contribution >= 0.6 is 0 Å². The van der Waals surface area contributed by atoms with Gasteiger partial charge in [-0.3, -0.25) is 9.59 Å². The highest BCUT2D eigenvalue weighted by Gasteiger charge is 2.32. The number of rotatable bonds is 5. The summed E-state index contributed by atoms with van der Waals surface area (Å²) in [7, 11) is 0. The fourth-order valence-electron chi connectivity index (χ4n) is 3.04. The van der Waals surface area contributed by atoms with Gasteiger partial charge in [-0.05, 0) is 31.4 Å². The molecular formula is C17H21NO5. The lowest BCUT2D eigenvalue weighted by atomic mass is 10.1. The molecule has 6 nitrogen and oxygen atoms in total. The van der Waals surface area contributed by atoms with Crippen LogP contribution in [0.15, 0.2) is 24.3 Å². The van der Waals surface area contributed by atoms with Gasteiger partial charge in [0.2, 0.25) is 0 Å². The van der Waals surface area contributed by atoms with Crippen molar-refractivity contribution in [3.05, 3.63) is 29.8 Å². The van der Waals surface area contributed by atoms with Gasteiger partial charge in [0, 0.05) is 19.7 Å². The van der Waals surface area contributed by atoms with Gasteiger partial charge in [0.05, 0.1) is 17.6 Å². The van der Waals surface area contributed by atoms with Gasteiger partial charge in [-0.1, -0.05) is 12.1 Å². The number of likely N-dealkylation sites (tertiary alicyclic amines) is 1. The Bertz CT molecular complexity index is 582. The first kappa shape index (κ1) is 15.8. The smallest absolute Gasteiger partial charge is 0.308 e. The Morgan fingerprint density at radius 2 is 2.13 bits per heavy atom. The highest BCUT2D eigenvalue weighted by atomic mass is 16.5. The fraction of sp³-hybridized carbons (Fsp3) is 0.529. The van der Waals surface area contributed by atoms with Gasteiger partial charge in [-0.25, -0.2) is 0 Å². The zero-order chi connectivity index (χ0) is 16.2. The van der Waals surface area contributed by atoms with E-state index in [-0.39, 0.29) is 18.6 Å². The SMILES string of the molecule is O=C(O)[C@H]1CCN(C(=O)c2ccccc2OC[C@@H]2CCCO2)C1. The predicted octanol–water partition coefficient (Wildman–Crippen LogP) is 1.79. The molecule has 2 aliphatic rings. The van der Waals surface area contributed by atoms with Gasteiger partial charge in [0.15, 0.2) is 0 Å². The number of hydrogen-bond donors (Lipinski definition) is 1. The largest absolute Gasteiger partial charge is 0.490 e. The number of carbonyl (C=O) groups excluding carboxylic acids is 1. The van der Waals surface area contributed by atoms with Crippen LogP contribution in [0.25, 0.3) is 0 Å². The maximum absolute atomic E-state index is 12.7. The Morgan fingerprint density at radius 1 is 1.30 bits per heavy atom. The second-order valence-corrected chi connectivity index (χ2v) is 6.02. The third-order valence-electron chi connectivity index (χ3n) is 4.39. The van der Waals surface area contributed by atoms with Gasteiger partial charge in [-0.2, -0.15) is 0 Å². The van der Waals surface area contributed by atoms with Crippen LogP contribution in [0.1, 0.15) is 29.6 Å². The Labute approximate surface area is 135 Å². The van der Waals surface area contributed by atoms with Crippen LogP contribution < -0.4 is 4.74 Å². The average molecular weight is 319 g/mol. The maximum Gasteiger partial charge on any atom is 0.308 e. The zero-order valence-electron chi connectivity index (χ0n) is 12.9. The van der Waals surface area contributed by atoms with Gasteiger partial charge in [0.25, 0.3) is 5.91 Å². The van der Waals surface area contributed by atoms with Crippen molar-refractivity contribution in [2.24, 2.45) is 5.92 Å². The van der Waals surface area contributed by atoms with Crippen LogP contribution in [0.5, 0.6) is 5.75 Å². The number of carboxylic acid groups (broad SMARTS) is 1. The number of hydrogen-bond acceptors (Lipinski definition) is 4. The van der Waals surface area contributed by atoms with Crippen molar-refractivity contribution in [2.75, 3.05) is 26.3 Å². The summed E-state index contributed by atoms with van der Waals surface area (Å²) in [5.74, 6) is -0.953. The molecule has 2 heterocycles. The molecule has 2 fully saturated rings. The van der Waals surface area contributed by atoms with E-state index in [1.807, 2.05) is 6.07 Å². The van der Waals surface area contributed by atoms with Crippen molar-refractivity contribution in [1.82, 2.24) is 4.90 Å². The number of nitrogens with zero attached hydrogens (tertiary/aromatic N) is 1. The Hall–Kier alpha value is -2.08. The average Bonchev–Trinajstić information content (AvgIpc) is 3.24. The highest BCUT2D eigenvalue weighted by molar-refractivity contribution is 5.97. The molecule has 1 aromatic rings. The summed E-state index contributed by atoms with van der Waals surface area (Å²) in [5.41, 5.74) is 0.483. The molecule has 0 saturated carbocycles. The minimum absolute atomic E-state index is 0.0846. The molecule has 124 valence electrons. The van der Waals surface area contributed by atoms with Crippen LogP contribution in [0.3, 0.4) is 0 Å². The maximum atomic E-state index is 12.7. The minimum Gasteiger partial charge on any atom is -0.490 e. The van der Waals surface area contributed by atoms with E-state index in [2.05, 4.69) is 0 Å². The molecule has 3 rings (SSSR count). The first-order valence-corrected chi connectivity index (χ1v) is 8.00. The van der Waals surface area contributed by atoms with E-state index >= 15 is 0 Å². The third-order valence-corrected chi connectivity index (χ3v) is 4.39. The Morgan fingerprint density at radius 3 is 2.83 bits per heavy atom. The summed E-state index contributed by atoms with van der Waals surface area (Å²) < 4.78 is 11.3. The number of para-hydroxylation sites is 1. The monoisotopic (exact) mass is 319 g/mol. The molecule has 0 radical (unpaired) electrons. The quantitative estimate of drug-likeness (QED) is 0.895. The van der Waals surface area contributed by atoms with Crippen LogP contribution in [-0.4, -0.2) is 54.3 Å². The normalized spacial score (nSPS) is 23.9. The van der Waals surface area contributed by atoms with Crippen molar-refractivity contribution in [1.29, 1.82) is 0 Å². The van der Waals surface area contributed by atoms with E-state index in [1.165, 1.54) is 0 Å². The van der Waals surface area contributed by atoms with Crippen LogP contribution in [-0.2, 0) is 9.53 Å². The van der Waals surface area contributed by atoms with Crippen molar-refractivity contribution in [3.63, 3.8) is 0 Å². The molecule has 0 bridgehead atoms. The second kappa shape index (κ2) is 7.00. The first-order valence-electron chi connectivity index (χ1n) is 8.00. The number of amides is 1. The summed E-state index contributed by atoms with van der Waals surface area (Å²) in [6.07, 6.45) is 2.60. The summed E-state index contributed by atoms with van der Waals surface area (Å²) in [6, 6.07) is 7.11. The minimum atomic E-state index is -0.844. The molecule has 0 unspecified atom stereocenters. The van der Waals surface area contributed by atoms with E-state index in [0.717, 1.165) is 19.4 Å². The van der Waals surface area contributed by atoms with Gasteiger partial charge in [0.1, 0.15) is 12.4 Å². The molecule has 6 heteroatoms. The molecule has 23 heavy (non-hydrogen) atoms. The lowest BCUT2D eigenvalue weighted by molar-refractivity contribution is -0.141. The number of aliphatic carboxylic acids is 1. The number of carbonyl (C=O) groups is 2. The van der Waals surface area contributed by atoms with Crippen LogP contribution in [0.2, 0.25) is 0 Å². The molecule has 0 aromatic heterocycles. The Balaban J connectivity index is 1.67. The molecule has 1 N–H and O–H groups in total. The molecule has 1 aromatic carbocycles. The molecular weight excluding hydrogens is 298 g/mol. The lowest BCUT2D eigenvalue weighted by Gasteiger charge is -2.19. The molecule has 0 aliphatic carbocycles. The van der Waals surface area contributed by atoms with Crippen molar-refractivity contribution in [2.45, 2.75) is 25.4 Å². The van der Waals surface area contributed by atoms with Crippen LogP contribution in [0.4, 0.5) is 0 Å². The van der Waals surface area contributed by atoms with Gasteiger partial charge >= 0.3 is 5.97 Å². The van der Waals surface area contributed by atoms with Crippen molar-refractivity contribution in [3.8, 4) is 5.75 Å². The zero-order valence-corrected chi connectivity index (χ0v) is 12.9. The standard InChI is InChI=1S/C17H21NO5/c19-16(18-8-7-12(10-18)17(20)21)14-5-1-2-6-15(14)23-11-13-4-3-9-22-13/h1-2,5-6,12-13H,3-4,7-11H2,(H,20,21)/t12-,13-/m0/s1. The summed E-state index contributed by atoms with van der Waals surface area (Å²) in [6.45, 7) is 1.92. The van der Waals surface area contributed by atoms with Gasteiger partial charge < -0.3 is 19.5 Å².